The van der Waals surface area contributed by atoms with Gasteiger partial charge in [0.05, 0.1) is 10.2 Å². The van der Waals surface area contributed by atoms with E-state index in [9.17, 15) is 4.79 Å². The van der Waals surface area contributed by atoms with Gasteiger partial charge in [0.1, 0.15) is 5.75 Å². The highest BCUT2D eigenvalue weighted by molar-refractivity contribution is 7.20. The molecule has 1 aromatic heterocycles. The lowest BCUT2D eigenvalue weighted by Crippen LogP contribution is -2.53. The van der Waals surface area contributed by atoms with Crippen molar-refractivity contribution in [3.8, 4) is 10.9 Å². The number of nitrogens with one attached hydrogen (secondary N) is 1. The Kier molecular flexibility index (Phi) is 6.13. The number of rotatable bonds is 5. The highest BCUT2D eigenvalue weighted by Crippen LogP contribution is 2.33. The normalized spacial score (nSPS) is 22.2. The molecule has 1 saturated heterocycles. The van der Waals surface area contributed by atoms with Crippen LogP contribution in [0.15, 0.2) is 42.5 Å². The number of carbonyl (C=O) groups excluding carboxylic acids is 1. The number of halogens is 1. The molecule has 0 spiro atoms. The van der Waals surface area contributed by atoms with Crippen molar-refractivity contribution in [1.82, 2.24) is 15.2 Å². The number of amides is 2. The average Bonchev–Trinajstić information content (AvgIpc) is 3.07. The smallest absolute Gasteiger partial charge is 0.312 e. The first kappa shape index (κ1) is 20.9. The van der Waals surface area contributed by atoms with E-state index >= 15 is 0 Å². The van der Waals surface area contributed by atoms with E-state index in [1.54, 1.807) is 0 Å². The molecule has 2 heterocycles. The fourth-order valence-corrected chi connectivity index (χ4v) is 5.13. The predicted octanol–water partition coefficient (Wildman–Crippen LogP) is 5.15. The van der Waals surface area contributed by atoms with Gasteiger partial charge in [-0.2, -0.15) is 0 Å². The Balaban J connectivity index is 1.39. The molecular formula is C22H25ClN4O2S. The zero-order valence-corrected chi connectivity index (χ0v) is 18.5. The molecule has 1 aliphatic heterocycles. The lowest BCUT2D eigenvalue weighted by molar-refractivity contribution is 0.0777. The molecular weight excluding hydrogens is 420 g/mol. The maximum absolute atomic E-state index is 11.2. The maximum atomic E-state index is 11.2. The molecule has 2 unspecified atom stereocenters. The lowest BCUT2D eigenvalue weighted by atomic mass is 9.92. The molecule has 30 heavy (non-hydrogen) atoms. The third-order valence-corrected chi connectivity index (χ3v) is 6.70. The number of urea groups is 1. The Labute approximate surface area is 185 Å². The van der Waals surface area contributed by atoms with Crippen molar-refractivity contribution >= 4 is 39.2 Å². The lowest BCUT2D eigenvalue weighted by Gasteiger charge is -2.42. The number of fused-ring (bicyclic) bond motifs is 1. The zero-order chi connectivity index (χ0) is 21.3. The molecule has 1 aliphatic rings. The molecule has 0 bridgehead atoms. The van der Waals surface area contributed by atoms with E-state index in [0.29, 0.717) is 22.3 Å². The van der Waals surface area contributed by atoms with Gasteiger partial charge in [-0.15, -0.1) is 0 Å². The molecule has 8 heteroatoms. The van der Waals surface area contributed by atoms with Crippen LogP contribution in [0, 0.1) is 0 Å². The van der Waals surface area contributed by atoms with E-state index in [0.717, 1.165) is 35.4 Å². The van der Waals surface area contributed by atoms with Gasteiger partial charge < -0.3 is 15.8 Å². The van der Waals surface area contributed by atoms with Gasteiger partial charge in [0.15, 0.2) is 0 Å². The number of carbonyl (C=O) groups is 1. The van der Waals surface area contributed by atoms with Crippen LogP contribution in [0.3, 0.4) is 0 Å². The Morgan fingerprint density at radius 3 is 2.60 bits per heavy atom. The van der Waals surface area contributed by atoms with E-state index < -0.39 is 6.03 Å². The van der Waals surface area contributed by atoms with Crippen LogP contribution in [0.5, 0.6) is 10.9 Å². The molecule has 3 N–H and O–H groups in total. The second-order valence-electron chi connectivity index (χ2n) is 7.89. The summed E-state index contributed by atoms with van der Waals surface area (Å²) in [5.74, 6) is 0.759. The van der Waals surface area contributed by atoms with Gasteiger partial charge in [-0.1, -0.05) is 35.1 Å². The van der Waals surface area contributed by atoms with E-state index in [4.69, 9.17) is 22.1 Å². The fraction of sp³-hybridized carbons (Fsp3) is 0.364. The van der Waals surface area contributed by atoms with Crippen LogP contribution in [-0.4, -0.2) is 34.0 Å². The summed E-state index contributed by atoms with van der Waals surface area (Å²) in [6, 6.07) is 14.2. The number of primary amides is 1. The third-order valence-electron chi connectivity index (χ3n) is 5.55. The minimum Gasteiger partial charge on any atom is -0.431 e. The Hall–Kier alpha value is -2.35. The summed E-state index contributed by atoms with van der Waals surface area (Å²) >= 11 is 7.53. The average molecular weight is 445 g/mol. The molecule has 1 fully saturated rings. The van der Waals surface area contributed by atoms with Crippen LogP contribution in [-0.2, 0) is 6.54 Å². The van der Waals surface area contributed by atoms with Crippen molar-refractivity contribution in [3.63, 3.8) is 0 Å². The largest absolute Gasteiger partial charge is 0.431 e. The summed E-state index contributed by atoms with van der Waals surface area (Å²) in [6.45, 7) is 5.25. The summed E-state index contributed by atoms with van der Waals surface area (Å²) in [6.07, 6.45) is 1.80. The summed E-state index contributed by atoms with van der Waals surface area (Å²) in [4.78, 5) is 18.1. The topological polar surface area (TPSA) is 80.5 Å². The Bertz CT molecular complexity index is 1030. The number of piperidine rings is 1. The molecule has 158 valence electrons. The Morgan fingerprint density at radius 1 is 1.23 bits per heavy atom. The third kappa shape index (κ3) is 4.86. The van der Waals surface area contributed by atoms with Crippen molar-refractivity contribution in [2.24, 2.45) is 5.73 Å². The summed E-state index contributed by atoms with van der Waals surface area (Å²) < 4.78 is 6.98. The molecule has 0 saturated carbocycles. The van der Waals surface area contributed by atoms with Gasteiger partial charge in [0, 0.05) is 29.7 Å². The van der Waals surface area contributed by atoms with Crippen LogP contribution >= 0.6 is 22.9 Å². The molecule has 0 radical (unpaired) electrons. The van der Waals surface area contributed by atoms with Crippen molar-refractivity contribution in [2.75, 3.05) is 0 Å². The quantitative estimate of drug-likeness (QED) is 0.570. The second kappa shape index (κ2) is 8.79. The first-order valence-corrected chi connectivity index (χ1v) is 11.2. The fourth-order valence-electron chi connectivity index (χ4n) is 4.15. The molecule has 2 amide bonds. The maximum Gasteiger partial charge on any atom is 0.312 e. The molecule has 6 nitrogen and oxygen atoms in total. The number of nitrogens with two attached hydrogens (primary N) is 1. The van der Waals surface area contributed by atoms with Gasteiger partial charge in [-0.05, 0) is 62.6 Å². The molecule has 0 aliphatic carbocycles. The van der Waals surface area contributed by atoms with E-state index in [-0.39, 0.29) is 6.04 Å². The second-order valence-corrected chi connectivity index (χ2v) is 9.31. The number of likely N-dealkylation sites (tertiary alicyclic amines) is 1. The van der Waals surface area contributed by atoms with E-state index in [2.05, 4.69) is 41.2 Å². The molecule has 3 aromatic rings. The van der Waals surface area contributed by atoms with Crippen LogP contribution in [0.2, 0.25) is 5.02 Å². The number of benzene rings is 2. The SMILES string of the molecule is CC1CC(NC(N)=O)C[C@H](C)N1Cc1ccc(Oc2nc3cc(Cl)ccc3s2)cc1. The molecule has 3 atom stereocenters. The van der Waals surface area contributed by atoms with Gasteiger partial charge in [0.2, 0.25) is 0 Å². The predicted molar refractivity (Wildman–Crippen MR) is 121 cm³/mol. The monoisotopic (exact) mass is 444 g/mol. The van der Waals surface area contributed by atoms with Crippen molar-refractivity contribution in [3.05, 3.63) is 53.1 Å². The number of aromatic nitrogens is 1. The number of hydrogen-bond acceptors (Lipinski definition) is 5. The van der Waals surface area contributed by atoms with Crippen LogP contribution < -0.4 is 15.8 Å². The van der Waals surface area contributed by atoms with Gasteiger partial charge in [-0.25, -0.2) is 9.78 Å². The van der Waals surface area contributed by atoms with Gasteiger partial charge in [-0.3, -0.25) is 4.90 Å². The zero-order valence-electron chi connectivity index (χ0n) is 17.0. The summed E-state index contributed by atoms with van der Waals surface area (Å²) in [7, 11) is 0. The summed E-state index contributed by atoms with van der Waals surface area (Å²) in [5, 5.41) is 4.12. The van der Waals surface area contributed by atoms with Gasteiger partial charge >= 0.3 is 6.03 Å². The van der Waals surface area contributed by atoms with Crippen molar-refractivity contribution < 1.29 is 9.53 Å². The molecule has 4 rings (SSSR count). The van der Waals surface area contributed by atoms with Crippen LogP contribution in [0.4, 0.5) is 4.79 Å². The van der Waals surface area contributed by atoms with Gasteiger partial charge in [0.25, 0.3) is 5.19 Å². The Morgan fingerprint density at radius 2 is 1.93 bits per heavy atom. The van der Waals surface area contributed by atoms with Crippen molar-refractivity contribution in [1.29, 1.82) is 0 Å². The van der Waals surface area contributed by atoms with Crippen LogP contribution in [0.1, 0.15) is 32.3 Å². The van der Waals surface area contributed by atoms with Crippen LogP contribution in [0.25, 0.3) is 10.2 Å². The molecule has 2 aromatic carbocycles. The first-order chi connectivity index (χ1) is 14.4. The summed E-state index contributed by atoms with van der Waals surface area (Å²) in [5.41, 5.74) is 7.35. The number of thiazole rings is 1. The first-order valence-electron chi connectivity index (χ1n) is 10.0. The standard InChI is InChI=1S/C22H25ClN4O2S/c1-13-9-17(25-21(24)28)10-14(2)27(13)12-15-3-6-18(7-4-15)29-22-26-19-11-16(23)5-8-20(19)30-22/h3-8,11,13-14,17H,9-10,12H2,1-2H3,(H3,24,25,28)/t13-,14?,17?/m0/s1. The van der Waals surface area contributed by atoms with E-state index in [1.165, 1.54) is 16.9 Å². The highest BCUT2D eigenvalue weighted by atomic mass is 35.5. The number of hydrogen-bond donors (Lipinski definition) is 2. The van der Waals surface area contributed by atoms with Crippen molar-refractivity contribution in [2.45, 2.75) is 51.4 Å². The minimum atomic E-state index is -0.445. The van der Waals surface area contributed by atoms with E-state index in [1.807, 2.05) is 30.3 Å². The number of nitrogens with zero attached hydrogens (tertiary/aromatic N) is 2. The highest BCUT2D eigenvalue weighted by Gasteiger charge is 2.31. The number of ether oxygens (including phenoxy) is 1. The minimum absolute atomic E-state index is 0.142.